The predicted molar refractivity (Wildman–Crippen MR) is 159 cm³/mol. The van der Waals surface area contributed by atoms with Crippen molar-refractivity contribution in [3.05, 3.63) is 69.7 Å². The second-order valence-electron chi connectivity index (χ2n) is 9.37. The maximum Gasteiger partial charge on any atom is 0.350 e. The molecule has 4 rings (SSSR count). The lowest BCUT2D eigenvalue weighted by molar-refractivity contribution is -0.132. The molecule has 1 saturated heterocycles. The average molecular weight is 595 g/mol. The number of ether oxygens (including phenoxy) is 4. The van der Waals surface area contributed by atoms with Gasteiger partial charge in [-0.25, -0.2) is 9.78 Å². The summed E-state index contributed by atoms with van der Waals surface area (Å²) in [6, 6.07) is 10.7. The van der Waals surface area contributed by atoms with Crippen LogP contribution in [0.15, 0.2) is 48.0 Å². The molecule has 11 heteroatoms. The number of nitrogens with zero attached hydrogens (tertiary/aromatic N) is 2. The summed E-state index contributed by atoms with van der Waals surface area (Å²) in [4.78, 5) is 45.7. The van der Waals surface area contributed by atoms with Gasteiger partial charge < -0.3 is 24.1 Å². The normalized spacial score (nSPS) is 16.0. The number of aromatic nitrogens is 1. The summed E-state index contributed by atoms with van der Waals surface area (Å²) >= 11 is 0.941. The fourth-order valence-electron chi connectivity index (χ4n) is 4.57. The number of rotatable bonds is 12. The minimum absolute atomic E-state index is 0.117. The van der Waals surface area contributed by atoms with E-state index in [1.54, 1.807) is 56.3 Å². The first-order valence-corrected chi connectivity index (χ1v) is 14.6. The summed E-state index contributed by atoms with van der Waals surface area (Å²) < 4.78 is 22.1. The summed E-state index contributed by atoms with van der Waals surface area (Å²) in [5, 5.41) is 11.7. The number of esters is 1. The highest BCUT2D eigenvalue weighted by molar-refractivity contribution is 7.17. The van der Waals surface area contributed by atoms with E-state index in [0.29, 0.717) is 47.3 Å². The Bertz CT molecular complexity index is 1510. The van der Waals surface area contributed by atoms with Gasteiger partial charge in [-0.15, -0.1) is 0 Å². The maximum absolute atomic E-state index is 13.6. The third-order valence-electron chi connectivity index (χ3n) is 6.57. The third-order valence-corrected chi connectivity index (χ3v) is 7.71. The van der Waals surface area contributed by atoms with Gasteiger partial charge in [0.2, 0.25) is 0 Å². The zero-order valence-electron chi connectivity index (χ0n) is 24.3. The predicted octanol–water partition coefficient (Wildman–Crippen LogP) is 5.84. The number of thiazole rings is 1. The van der Waals surface area contributed by atoms with Crippen molar-refractivity contribution >= 4 is 39.9 Å². The molecule has 0 aliphatic carbocycles. The van der Waals surface area contributed by atoms with E-state index in [2.05, 4.69) is 11.9 Å². The van der Waals surface area contributed by atoms with E-state index in [0.717, 1.165) is 24.2 Å². The molecule has 2 aromatic carbocycles. The zero-order valence-corrected chi connectivity index (χ0v) is 25.1. The van der Waals surface area contributed by atoms with Gasteiger partial charge in [-0.2, -0.15) is 0 Å². The number of ketones is 1. The lowest BCUT2D eigenvalue weighted by Gasteiger charge is -2.24. The molecule has 0 spiro atoms. The number of hydrogen-bond donors (Lipinski definition) is 1. The Morgan fingerprint density at radius 2 is 1.83 bits per heavy atom. The van der Waals surface area contributed by atoms with Crippen molar-refractivity contribution in [1.82, 2.24) is 4.98 Å². The van der Waals surface area contributed by atoms with Crippen LogP contribution < -0.4 is 19.1 Å². The van der Waals surface area contributed by atoms with Gasteiger partial charge in [0.05, 0.1) is 44.2 Å². The Morgan fingerprint density at radius 3 is 2.52 bits per heavy atom. The molecule has 1 atom stereocenters. The molecule has 1 N–H and O–H groups in total. The van der Waals surface area contributed by atoms with Crippen molar-refractivity contribution in [2.75, 3.05) is 31.8 Å². The number of unbranched alkanes of at least 4 members (excludes halogenated alkanes) is 1. The zero-order chi connectivity index (χ0) is 30.4. The Hall–Kier alpha value is -4.38. The Morgan fingerprint density at radius 1 is 1.05 bits per heavy atom. The van der Waals surface area contributed by atoms with E-state index in [-0.39, 0.29) is 27.9 Å². The molecule has 42 heavy (non-hydrogen) atoms. The monoisotopic (exact) mass is 594 g/mol. The number of Topliss-reactive ketones (excluding diaryl/α,β-unsaturated/α-hetero) is 1. The first kappa shape index (κ1) is 30.6. The Balaban J connectivity index is 1.89. The summed E-state index contributed by atoms with van der Waals surface area (Å²) in [7, 11) is 1.48. The van der Waals surface area contributed by atoms with E-state index in [9.17, 15) is 19.5 Å². The summed E-state index contributed by atoms with van der Waals surface area (Å²) in [6.07, 6.45) is 1.82. The average Bonchev–Trinajstić information content (AvgIpc) is 3.49. The molecule has 10 nitrogen and oxygen atoms in total. The summed E-state index contributed by atoms with van der Waals surface area (Å²) in [5.74, 6) is -1.35. The van der Waals surface area contributed by atoms with E-state index in [1.165, 1.54) is 12.0 Å². The molecular weight excluding hydrogens is 560 g/mol. The van der Waals surface area contributed by atoms with Gasteiger partial charge >= 0.3 is 11.9 Å². The minimum atomic E-state index is -1.08. The van der Waals surface area contributed by atoms with Crippen LogP contribution in [0.25, 0.3) is 5.76 Å². The van der Waals surface area contributed by atoms with Gasteiger partial charge in [0.1, 0.15) is 16.4 Å². The SMILES string of the molecule is CCCCOc1cccc(/C(O)=C2\C(=O)C(=O)N(c3nc(C)c(C(=O)OCC)s3)C2c2ccc(OCC)c(OC)c2)c1. The van der Waals surface area contributed by atoms with E-state index >= 15 is 0 Å². The standard InChI is InChI=1S/C31H34N2O8S/c1-6-9-15-41-21-12-10-11-20(16-21)26(34)24-25(19-13-14-22(39-7-2)23(17-19)38-5)33(29(36)27(24)35)31-32-18(4)28(42-31)30(37)40-8-3/h10-14,16-17,25,34H,6-9,15H2,1-5H3/b26-24+. The molecule has 0 bridgehead atoms. The molecule has 1 fully saturated rings. The Kier molecular flexibility index (Phi) is 9.84. The van der Waals surface area contributed by atoms with Crippen LogP contribution in [0.5, 0.6) is 17.2 Å². The van der Waals surface area contributed by atoms with Gasteiger partial charge in [-0.1, -0.05) is 42.9 Å². The van der Waals surface area contributed by atoms with Crippen molar-refractivity contribution < 1.29 is 38.4 Å². The first-order valence-electron chi connectivity index (χ1n) is 13.7. The molecule has 1 aliphatic rings. The summed E-state index contributed by atoms with van der Waals surface area (Å²) in [6.45, 7) is 8.29. The van der Waals surface area contributed by atoms with Crippen LogP contribution in [-0.4, -0.2) is 54.7 Å². The molecule has 0 radical (unpaired) electrons. The third kappa shape index (κ3) is 6.11. The van der Waals surface area contributed by atoms with E-state index < -0.39 is 23.7 Å². The molecule has 1 unspecified atom stereocenters. The first-order chi connectivity index (χ1) is 20.2. The van der Waals surface area contributed by atoms with Gasteiger partial charge in [0.15, 0.2) is 16.6 Å². The van der Waals surface area contributed by atoms with Crippen LogP contribution in [0.3, 0.4) is 0 Å². The maximum atomic E-state index is 13.6. The summed E-state index contributed by atoms with van der Waals surface area (Å²) in [5.41, 5.74) is 1.00. The van der Waals surface area contributed by atoms with Crippen molar-refractivity contribution in [2.45, 2.75) is 46.6 Å². The van der Waals surface area contributed by atoms with E-state index in [4.69, 9.17) is 18.9 Å². The van der Waals surface area contributed by atoms with Gasteiger partial charge in [0, 0.05) is 5.56 Å². The highest BCUT2D eigenvalue weighted by Crippen LogP contribution is 2.45. The fourth-order valence-corrected chi connectivity index (χ4v) is 5.56. The number of anilines is 1. The lowest BCUT2D eigenvalue weighted by Crippen LogP contribution is -2.29. The number of aliphatic hydroxyl groups excluding tert-OH is 1. The highest BCUT2D eigenvalue weighted by atomic mass is 32.1. The van der Waals surface area contributed by atoms with Crippen molar-refractivity contribution in [1.29, 1.82) is 0 Å². The van der Waals surface area contributed by atoms with Crippen molar-refractivity contribution in [3.8, 4) is 17.2 Å². The molecule has 1 aliphatic heterocycles. The van der Waals surface area contributed by atoms with Crippen LogP contribution in [0.1, 0.15) is 66.1 Å². The van der Waals surface area contributed by atoms with Gasteiger partial charge in [0.25, 0.3) is 5.78 Å². The number of benzene rings is 2. The van der Waals surface area contributed by atoms with Crippen molar-refractivity contribution in [2.24, 2.45) is 0 Å². The smallest absolute Gasteiger partial charge is 0.350 e. The molecule has 0 saturated carbocycles. The van der Waals surface area contributed by atoms with Crippen LogP contribution in [-0.2, 0) is 14.3 Å². The second kappa shape index (κ2) is 13.5. The number of amides is 1. The number of hydrogen-bond acceptors (Lipinski definition) is 10. The highest BCUT2D eigenvalue weighted by Gasteiger charge is 2.48. The molecule has 222 valence electrons. The second-order valence-corrected chi connectivity index (χ2v) is 10.4. The lowest BCUT2D eigenvalue weighted by atomic mass is 9.95. The number of aliphatic hydroxyl groups is 1. The number of methoxy groups -OCH3 is 1. The molecular formula is C31H34N2O8S. The Labute approximate surface area is 248 Å². The van der Waals surface area contributed by atoms with Crippen LogP contribution >= 0.6 is 11.3 Å². The molecule has 2 heterocycles. The largest absolute Gasteiger partial charge is 0.507 e. The van der Waals surface area contributed by atoms with Crippen LogP contribution in [0.2, 0.25) is 0 Å². The van der Waals surface area contributed by atoms with Crippen molar-refractivity contribution in [3.63, 3.8) is 0 Å². The van der Waals surface area contributed by atoms with Gasteiger partial charge in [-0.05, 0) is 57.0 Å². The van der Waals surface area contributed by atoms with Crippen LogP contribution in [0.4, 0.5) is 5.13 Å². The minimum Gasteiger partial charge on any atom is -0.507 e. The molecule has 1 amide bonds. The number of carbonyl (C=O) groups excluding carboxylic acids is 3. The molecule has 3 aromatic rings. The van der Waals surface area contributed by atoms with Gasteiger partial charge in [-0.3, -0.25) is 14.5 Å². The van der Waals surface area contributed by atoms with Crippen LogP contribution in [0, 0.1) is 6.92 Å². The number of carbonyl (C=O) groups is 3. The number of aryl methyl sites for hydroxylation is 1. The van der Waals surface area contributed by atoms with E-state index in [1.807, 2.05) is 6.92 Å². The molecule has 1 aromatic heterocycles. The quantitative estimate of drug-likeness (QED) is 0.0905. The fraction of sp³-hybridized carbons (Fsp3) is 0.355. The topological polar surface area (TPSA) is 124 Å².